The fraction of sp³-hybridized carbons (Fsp3) is 0.435. The summed E-state index contributed by atoms with van der Waals surface area (Å²) in [7, 11) is -4.25. The van der Waals surface area contributed by atoms with E-state index in [0.717, 1.165) is 0 Å². The number of hydrogen-bond acceptors (Lipinski definition) is 10. The predicted octanol–water partition coefficient (Wildman–Crippen LogP) is 3.40. The molecular weight excluding hydrogens is 544 g/mol. The second-order valence-electron chi connectivity index (χ2n) is 8.87. The minimum Gasteiger partial charge on any atom is -0.462 e. The molecule has 0 aliphatic carbocycles. The van der Waals surface area contributed by atoms with Crippen molar-refractivity contribution in [3.63, 3.8) is 0 Å². The average Bonchev–Trinajstić information content (AvgIpc) is 3.39. The summed E-state index contributed by atoms with van der Waals surface area (Å²) < 4.78 is 52.2. The number of rotatable bonds is 10. The number of fused-ring (bicyclic) bond motifs is 1. The molecule has 1 aromatic carbocycles. The van der Waals surface area contributed by atoms with Gasteiger partial charge in [0.15, 0.2) is 12.4 Å². The molecule has 1 aliphatic heterocycles. The van der Waals surface area contributed by atoms with Gasteiger partial charge in [-0.15, -0.1) is 0 Å². The van der Waals surface area contributed by atoms with Crippen molar-refractivity contribution in [2.75, 3.05) is 12.3 Å². The Morgan fingerprint density at radius 2 is 2.00 bits per heavy atom. The van der Waals surface area contributed by atoms with Gasteiger partial charge in [-0.05, 0) is 50.6 Å². The maximum absolute atomic E-state index is 15.2. The summed E-state index contributed by atoms with van der Waals surface area (Å²) in [4.78, 5) is 20.3. The van der Waals surface area contributed by atoms with Crippen molar-refractivity contribution in [1.82, 2.24) is 19.6 Å². The summed E-state index contributed by atoms with van der Waals surface area (Å²) in [5, 5.41) is 13.4. The first-order valence-corrected chi connectivity index (χ1v) is 13.6. The third-order valence-electron chi connectivity index (χ3n) is 5.58. The number of nitrogen functional groups attached to an aromatic ring is 1. The van der Waals surface area contributed by atoms with Gasteiger partial charge in [-0.25, -0.2) is 13.9 Å². The Labute approximate surface area is 222 Å². The number of anilines is 1. The lowest BCUT2D eigenvalue weighted by Gasteiger charge is -2.25. The number of benzene rings is 1. The molecule has 6 atom stereocenters. The number of aromatic nitrogens is 3. The number of carbonyl (C=O) groups excluding carboxylic acids is 1. The molecule has 15 heteroatoms. The Balaban J connectivity index is 1.51. The van der Waals surface area contributed by atoms with E-state index in [4.69, 9.17) is 35.9 Å². The van der Waals surface area contributed by atoms with Crippen LogP contribution in [0.3, 0.4) is 0 Å². The van der Waals surface area contributed by atoms with Gasteiger partial charge in [-0.1, -0.05) is 18.2 Å². The molecule has 0 radical (unpaired) electrons. The lowest BCUT2D eigenvalue weighted by molar-refractivity contribution is -0.149. The van der Waals surface area contributed by atoms with Crippen LogP contribution in [0.4, 0.5) is 10.2 Å². The van der Waals surface area contributed by atoms with Gasteiger partial charge in [0.25, 0.3) is 0 Å². The van der Waals surface area contributed by atoms with Crippen LogP contribution in [0.1, 0.15) is 27.0 Å². The summed E-state index contributed by atoms with van der Waals surface area (Å²) >= 11 is 5.91. The maximum atomic E-state index is 15.2. The number of esters is 1. The minimum absolute atomic E-state index is 0.0998. The lowest BCUT2D eigenvalue weighted by Crippen LogP contribution is -2.37. The molecule has 38 heavy (non-hydrogen) atoms. The van der Waals surface area contributed by atoms with Gasteiger partial charge >= 0.3 is 13.7 Å². The SMILES string of the molecule is CC(C)OC(=O)[C@H](C)NP(=O)(OC[C@H]1O[C@@H](n2ccc3c(N)nc(Cl)nc32)[C@H](F)C1O)Oc1ccccc1. The molecule has 1 aliphatic rings. The normalized spacial score (nSPS) is 23.9. The van der Waals surface area contributed by atoms with Crippen LogP contribution in [0.15, 0.2) is 42.6 Å². The Hall–Kier alpha value is -2.80. The highest BCUT2D eigenvalue weighted by Crippen LogP contribution is 2.46. The summed E-state index contributed by atoms with van der Waals surface area (Å²) in [6.07, 6.45) is -5.05. The van der Waals surface area contributed by atoms with Gasteiger partial charge in [0.1, 0.15) is 35.5 Å². The fourth-order valence-corrected chi connectivity index (χ4v) is 5.48. The predicted molar refractivity (Wildman–Crippen MR) is 136 cm³/mol. The smallest absolute Gasteiger partial charge is 0.459 e. The van der Waals surface area contributed by atoms with Gasteiger partial charge in [0, 0.05) is 6.20 Å². The van der Waals surface area contributed by atoms with E-state index >= 15 is 4.39 Å². The number of nitrogens with one attached hydrogen (secondary N) is 1. The van der Waals surface area contributed by atoms with Crippen LogP contribution in [-0.4, -0.2) is 62.7 Å². The van der Waals surface area contributed by atoms with E-state index in [0.29, 0.717) is 5.39 Å². The van der Waals surface area contributed by atoms with Crippen molar-refractivity contribution in [1.29, 1.82) is 0 Å². The van der Waals surface area contributed by atoms with E-state index in [2.05, 4.69) is 15.1 Å². The van der Waals surface area contributed by atoms with E-state index in [1.54, 1.807) is 50.2 Å². The average molecular weight is 572 g/mol. The van der Waals surface area contributed by atoms with Gasteiger partial charge < -0.3 is 29.4 Å². The number of alkyl halides is 1. The zero-order chi connectivity index (χ0) is 27.6. The van der Waals surface area contributed by atoms with Gasteiger partial charge in [-0.2, -0.15) is 10.1 Å². The van der Waals surface area contributed by atoms with Crippen molar-refractivity contribution in [2.45, 2.75) is 57.5 Å². The van der Waals surface area contributed by atoms with Crippen molar-refractivity contribution in [2.24, 2.45) is 0 Å². The molecule has 0 amide bonds. The highest BCUT2D eigenvalue weighted by molar-refractivity contribution is 7.52. The van der Waals surface area contributed by atoms with E-state index in [-0.39, 0.29) is 22.5 Å². The zero-order valence-electron chi connectivity index (χ0n) is 20.7. The molecule has 4 N–H and O–H groups in total. The Bertz CT molecular complexity index is 1330. The molecule has 3 heterocycles. The molecule has 1 fully saturated rings. The standard InChI is InChI=1S/C23H28ClFN5O7P/c1-12(2)35-22(32)13(3)29-38(33,37-14-7-5-4-6-8-14)34-11-16-18(31)17(25)21(36-16)30-10-9-15-19(26)27-23(24)28-20(15)30/h4-10,12-13,16-18,21,31H,11H2,1-3H3,(H,29,33)(H2,26,27,28)/t13-,16+,17+,18?,21+,38?/m0/s1. The van der Waals surface area contributed by atoms with E-state index < -0.39 is 57.1 Å². The monoisotopic (exact) mass is 571 g/mol. The summed E-state index contributed by atoms with van der Waals surface area (Å²) in [6.45, 7) is 4.23. The molecule has 0 bridgehead atoms. The van der Waals surface area contributed by atoms with Crippen LogP contribution in [-0.2, 0) is 23.4 Å². The van der Waals surface area contributed by atoms with E-state index in [1.165, 1.54) is 17.7 Å². The molecule has 2 unspecified atom stereocenters. The van der Waals surface area contributed by atoms with Gasteiger partial charge in [-0.3, -0.25) is 9.32 Å². The molecular formula is C23H28ClFN5O7P. The first-order valence-electron chi connectivity index (χ1n) is 11.7. The number of aliphatic hydroxyl groups excluding tert-OH is 1. The molecule has 12 nitrogen and oxygen atoms in total. The number of nitrogens with zero attached hydrogens (tertiary/aromatic N) is 3. The van der Waals surface area contributed by atoms with E-state index in [1.807, 2.05) is 0 Å². The van der Waals surface area contributed by atoms with Crippen LogP contribution in [0.5, 0.6) is 5.75 Å². The quantitative estimate of drug-likeness (QED) is 0.186. The van der Waals surface area contributed by atoms with Crippen LogP contribution in [0.2, 0.25) is 5.28 Å². The highest BCUT2D eigenvalue weighted by Gasteiger charge is 2.47. The largest absolute Gasteiger partial charge is 0.462 e. The first-order chi connectivity index (χ1) is 18.0. The Morgan fingerprint density at radius 1 is 1.29 bits per heavy atom. The summed E-state index contributed by atoms with van der Waals surface area (Å²) in [6, 6.07) is 8.61. The second kappa shape index (κ2) is 11.5. The van der Waals surface area contributed by atoms with Crippen LogP contribution < -0.4 is 15.3 Å². The topological polar surface area (TPSA) is 160 Å². The minimum atomic E-state index is -4.25. The number of halogens is 2. The molecule has 1 saturated heterocycles. The van der Waals surface area contributed by atoms with Crippen LogP contribution >= 0.6 is 19.3 Å². The number of nitrogens with two attached hydrogens (primary N) is 1. The second-order valence-corrected chi connectivity index (χ2v) is 10.9. The molecule has 4 rings (SSSR count). The highest BCUT2D eigenvalue weighted by atomic mass is 35.5. The molecule has 2 aromatic heterocycles. The number of aliphatic hydroxyl groups is 1. The van der Waals surface area contributed by atoms with E-state index in [9.17, 15) is 14.5 Å². The first kappa shape index (κ1) is 28.2. The van der Waals surface area contributed by atoms with Crippen molar-refractivity contribution < 1.29 is 37.4 Å². The van der Waals surface area contributed by atoms with Gasteiger partial charge in [0.2, 0.25) is 5.28 Å². The Kier molecular flexibility index (Phi) is 8.55. The maximum Gasteiger partial charge on any atom is 0.459 e. The van der Waals surface area contributed by atoms with Crippen molar-refractivity contribution >= 4 is 42.2 Å². The summed E-state index contributed by atoms with van der Waals surface area (Å²) in [5.74, 6) is -0.390. The van der Waals surface area contributed by atoms with Crippen molar-refractivity contribution in [3.05, 3.63) is 47.9 Å². The van der Waals surface area contributed by atoms with Crippen molar-refractivity contribution in [3.8, 4) is 5.75 Å². The lowest BCUT2D eigenvalue weighted by atomic mass is 10.1. The number of ether oxygens (including phenoxy) is 2. The molecule has 206 valence electrons. The zero-order valence-corrected chi connectivity index (χ0v) is 22.4. The molecule has 0 saturated carbocycles. The number of carbonyl (C=O) groups is 1. The molecule has 0 spiro atoms. The third kappa shape index (κ3) is 6.25. The number of para-hydroxylation sites is 1. The van der Waals surface area contributed by atoms with Crippen LogP contribution in [0, 0.1) is 0 Å². The summed E-state index contributed by atoms with van der Waals surface area (Å²) in [5.41, 5.74) is 6.08. The van der Waals surface area contributed by atoms with Crippen LogP contribution in [0.25, 0.3) is 11.0 Å². The third-order valence-corrected chi connectivity index (χ3v) is 7.39. The molecule has 3 aromatic rings. The van der Waals surface area contributed by atoms with Gasteiger partial charge in [0.05, 0.1) is 18.1 Å². The fourth-order valence-electron chi connectivity index (χ4n) is 3.81. The Morgan fingerprint density at radius 3 is 2.68 bits per heavy atom. The number of hydrogen-bond donors (Lipinski definition) is 3.